The summed E-state index contributed by atoms with van der Waals surface area (Å²) in [5, 5.41) is 14.4. The van der Waals surface area contributed by atoms with Crippen molar-refractivity contribution in [2.75, 3.05) is 13.2 Å². The van der Waals surface area contributed by atoms with Crippen molar-refractivity contribution < 1.29 is 23.8 Å². The highest BCUT2D eigenvalue weighted by Crippen LogP contribution is 2.28. The van der Waals surface area contributed by atoms with Crippen LogP contribution in [0.4, 0.5) is 9.18 Å². The van der Waals surface area contributed by atoms with Gasteiger partial charge in [0, 0.05) is 6.54 Å². The predicted molar refractivity (Wildman–Crippen MR) is 72.1 cm³/mol. The number of rotatable bonds is 4. The molecule has 0 radical (unpaired) electrons. The van der Waals surface area contributed by atoms with Crippen LogP contribution in [-0.2, 0) is 16.1 Å². The fourth-order valence-electron chi connectivity index (χ4n) is 2.12. The molecular weight excluding hydrogens is 279 g/mol. The van der Waals surface area contributed by atoms with Crippen molar-refractivity contribution in [3.63, 3.8) is 0 Å². The van der Waals surface area contributed by atoms with Gasteiger partial charge in [0.15, 0.2) is 0 Å². The molecular formula is C14H17FN2O4. The number of aliphatic carboxylic acids is 1. The Morgan fingerprint density at radius 2 is 2.29 bits per heavy atom. The fourth-order valence-corrected chi connectivity index (χ4v) is 2.12. The summed E-state index contributed by atoms with van der Waals surface area (Å²) in [5.74, 6) is -1.40. The molecule has 1 heterocycles. The van der Waals surface area contributed by atoms with Crippen LogP contribution in [0.5, 0.6) is 0 Å². The summed E-state index contributed by atoms with van der Waals surface area (Å²) in [6, 6.07) is 4.75. The van der Waals surface area contributed by atoms with Crippen molar-refractivity contribution in [3.8, 4) is 0 Å². The number of carboxylic acids is 1. The van der Waals surface area contributed by atoms with E-state index in [0.717, 1.165) is 0 Å². The van der Waals surface area contributed by atoms with Gasteiger partial charge in [0.2, 0.25) is 0 Å². The number of carboxylic acid groups (broad SMARTS) is 1. The third-order valence-electron chi connectivity index (χ3n) is 3.59. The molecule has 2 atom stereocenters. The number of hydrogen-bond donors (Lipinski definition) is 3. The van der Waals surface area contributed by atoms with Gasteiger partial charge >= 0.3 is 12.0 Å². The molecule has 21 heavy (non-hydrogen) atoms. The van der Waals surface area contributed by atoms with Gasteiger partial charge in [-0.3, -0.25) is 4.79 Å². The van der Waals surface area contributed by atoms with Crippen molar-refractivity contribution in [3.05, 3.63) is 35.6 Å². The number of urea groups is 1. The van der Waals surface area contributed by atoms with Crippen LogP contribution in [0.15, 0.2) is 24.3 Å². The van der Waals surface area contributed by atoms with Gasteiger partial charge < -0.3 is 20.5 Å². The molecule has 0 aliphatic carbocycles. The van der Waals surface area contributed by atoms with E-state index >= 15 is 0 Å². The van der Waals surface area contributed by atoms with Gasteiger partial charge in [0.1, 0.15) is 11.2 Å². The molecule has 1 aromatic carbocycles. The number of ether oxygens (including phenoxy) is 1. The van der Waals surface area contributed by atoms with Crippen LogP contribution >= 0.6 is 0 Å². The average molecular weight is 296 g/mol. The summed E-state index contributed by atoms with van der Waals surface area (Å²) in [7, 11) is 0. The third-order valence-corrected chi connectivity index (χ3v) is 3.59. The second-order valence-electron chi connectivity index (χ2n) is 5.25. The van der Waals surface area contributed by atoms with Gasteiger partial charge in [-0.1, -0.05) is 12.1 Å². The number of carbonyl (C=O) groups is 2. The Morgan fingerprint density at radius 3 is 2.95 bits per heavy atom. The predicted octanol–water partition coefficient (Wildman–Crippen LogP) is 1.11. The van der Waals surface area contributed by atoms with Gasteiger partial charge in [-0.05, 0) is 24.6 Å². The molecule has 0 saturated carbocycles. The third kappa shape index (κ3) is 3.49. The molecule has 1 aromatic rings. The Morgan fingerprint density at radius 1 is 1.52 bits per heavy atom. The zero-order valence-electron chi connectivity index (χ0n) is 11.6. The van der Waals surface area contributed by atoms with Crippen LogP contribution in [0.3, 0.4) is 0 Å². The van der Waals surface area contributed by atoms with Crippen LogP contribution in [0, 0.1) is 11.2 Å². The van der Waals surface area contributed by atoms with Crippen molar-refractivity contribution in [1.29, 1.82) is 0 Å². The maximum Gasteiger partial charge on any atom is 0.315 e. The molecule has 1 aliphatic rings. The van der Waals surface area contributed by atoms with Crippen molar-refractivity contribution in [2.45, 2.75) is 19.5 Å². The quantitative estimate of drug-likeness (QED) is 0.777. The summed E-state index contributed by atoms with van der Waals surface area (Å²) < 4.78 is 18.1. The van der Waals surface area contributed by atoms with Crippen LogP contribution in [0.1, 0.15) is 12.5 Å². The van der Waals surface area contributed by atoms with Crippen molar-refractivity contribution >= 4 is 12.0 Å². The summed E-state index contributed by atoms with van der Waals surface area (Å²) in [6.07, 6.45) is 0. The maximum atomic E-state index is 13.0. The molecule has 7 heteroatoms. The van der Waals surface area contributed by atoms with Gasteiger partial charge in [-0.15, -0.1) is 0 Å². The van der Waals surface area contributed by atoms with Crippen LogP contribution in [-0.4, -0.2) is 36.4 Å². The minimum atomic E-state index is -1.14. The lowest BCUT2D eigenvalue weighted by molar-refractivity contribution is -0.148. The minimum absolute atomic E-state index is 0.0528. The molecule has 6 nitrogen and oxygen atoms in total. The monoisotopic (exact) mass is 296 g/mol. The summed E-state index contributed by atoms with van der Waals surface area (Å²) in [4.78, 5) is 23.0. The van der Waals surface area contributed by atoms with E-state index in [9.17, 15) is 19.1 Å². The lowest BCUT2D eigenvalue weighted by Crippen LogP contribution is -2.52. The molecule has 0 spiro atoms. The molecule has 1 fully saturated rings. The molecule has 0 aromatic heterocycles. The van der Waals surface area contributed by atoms with Crippen molar-refractivity contribution in [2.24, 2.45) is 5.41 Å². The SMILES string of the molecule is CC1(C(=O)O)COCC1NC(=O)NCc1cccc(F)c1. The Hall–Kier alpha value is -2.15. The lowest BCUT2D eigenvalue weighted by Gasteiger charge is -2.25. The van der Waals surface area contributed by atoms with E-state index in [1.165, 1.54) is 19.1 Å². The van der Waals surface area contributed by atoms with Gasteiger partial charge in [-0.25, -0.2) is 9.18 Å². The normalized spacial score (nSPS) is 24.6. The van der Waals surface area contributed by atoms with Gasteiger partial charge in [0.25, 0.3) is 0 Å². The molecule has 1 aliphatic heterocycles. The number of nitrogens with one attached hydrogen (secondary N) is 2. The maximum absolute atomic E-state index is 13.0. The minimum Gasteiger partial charge on any atom is -0.481 e. The van der Waals surface area contributed by atoms with E-state index in [2.05, 4.69) is 10.6 Å². The highest BCUT2D eigenvalue weighted by molar-refractivity contribution is 5.79. The number of hydrogen-bond acceptors (Lipinski definition) is 3. The van der Waals surface area contributed by atoms with E-state index in [4.69, 9.17) is 4.74 Å². The van der Waals surface area contributed by atoms with Crippen LogP contribution < -0.4 is 10.6 Å². The number of halogens is 1. The molecule has 1 saturated heterocycles. The van der Waals surface area contributed by atoms with Crippen LogP contribution in [0.2, 0.25) is 0 Å². The Balaban J connectivity index is 1.89. The molecule has 0 bridgehead atoms. The Bertz CT molecular complexity index is 552. The summed E-state index contributed by atoms with van der Waals surface area (Å²) in [6.45, 7) is 1.88. The second kappa shape index (κ2) is 6.09. The van der Waals surface area contributed by atoms with Crippen molar-refractivity contribution in [1.82, 2.24) is 10.6 Å². The first kappa shape index (κ1) is 15.2. The zero-order valence-corrected chi connectivity index (χ0v) is 11.6. The second-order valence-corrected chi connectivity index (χ2v) is 5.25. The molecule has 2 unspecified atom stereocenters. The molecule has 2 amide bonds. The lowest BCUT2D eigenvalue weighted by atomic mass is 9.85. The van der Waals surface area contributed by atoms with E-state index in [0.29, 0.717) is 5.56 Å². The number of carbonyl (C=O) groups excluding carboxylic acids is 1. The standard InChI is InChI=1S/C14H17FN2O4/c1-14(12(18)19)8-21-7-11(14)17-13(20)16-6-9-3-2-4-10(15)5-9/h2-5,11H,6-8H2,1H3,(H,18,19)(H2,16,17,20). The zero-order chi connectivity index (χ0) is 15.5. The van der Waals surface area contributed by atoms with E-state index < -0.39 is 23.5 Å². The summed E-state index contributed by atoms with van der Waals surface area (Å²) in [5.41, 5.74) is -0.523. The Kier molecular flexibility index (Phi) is 4.42. The number of benzene rings is 1. The topological polar surface area (TPSA) is 87.7 Å². The Labute approximate surface area is 121 Å². The number of amides is 2. The van der Waals surface area contributed by atoms with E-state index in [1.807, 2.05) is 0 Å². The first-order chi connectivity index (χ1) is 9.91. The first-order valence-corrected chi connectivity index (χ1v) is 6.52. The first-order valence-electron chi connectivity index (χ1n) is 6.52. The van der Waals surface area contributed by atoms with E-state index in [-0.39, 0.29) is 25.6 Å². The van der Waals surface area contributed by atoms with Crippen LogP contribution in [0.25, 0.3) is 0 Å². The molecule has 114 valence electrons. The molecule has 3 N–H and O–H groups in total. The average Bonchev–Trinajstić information content (AvgIpc) is 2.79. The fraction of sp³-hybridized carbons (Fsp3) is 0.429. The largest absolute Gasteiger partial charge is 0.481 e. The smallest absolute Gasteiger partial charge is 0.315 e. The molecule has 2 rings (SSSR count). The van der Waals surface area contributed by atoms with E-state index in [1.54, 1.807) is 12.1 Å². The van der Waals surface area contributed by atoms with Gasteiger partial charge in [-0.2, -0.15) is 0 Å². The summed E-state index contributed by atoms with van der Waals surface area (Å²) >= 11 is 0. The van der Waals surface area contributed by atoms with Gasteiger partial charge in [0.05, 0.1) is 19.3 Å². The highest BCUT2D eigenvalue weighted by atomic mass is 19.1. The highest BCUT2D eigenvalue weighted by Gasteiger charge is 2.47.